The summed E-state index contributed by atoms with van der Waals surface area (Å²) in [4.78, 5) is 3.25. The van der Waals surface area contributed by atoms with Crippen LogP contribution in [0.1, 0.15) is 22.8 Å². The van der Waals surface area contributed by atoms with Crippen LogP contribution in [0.2, 0.25) is 0 Å². The zero-order chi connectivity index (χ0) is 21.1. The second-order valence-corrected chi connectivity index (χ2v) is 8.41. The zero-order valence-electron chi connectivity index (χ0n) is 17.0. The molecule has 0 aromatic heterocycles. The molecule has 1 atom stereocenters. The largest absolute Gasteiger partial charge is 0.508 e. The maximum atomic E-state index is 14.5. The van der Waals surface area contributed by atoms with Gasteiger partial charge in [-0.15, -0.1) is 11.8 Å². The Labute approximate surface area is 180 Å². The van der Waals surface area contributed by atoms with Crippen LogP contribution in [0, 0.1) is 5.82 Å². The van der Waals surface area contributed by atoms with Crippen LogP contribution in [0.4, 0.5) is 10.1 Å². The number of anilines is 1. The zero-order valence-corrected chi connectivity index (χ0v) is 17.8. The van der Waals surface area contributed by atoms with Gasteiger partial charge < -0.3 is 19.5 Å². The van der Waals surface area contributed by atoms with Crippen LogP contribution in [0.15, 0.2) is 65.6 Å². The molecule has 3 aromatic rings. The van der Waals surface area contributed by atoms with Crippen molar-refractivity contribution in [3.8, 4) is 17.2 Å². The van der Waals surface area contributed by atoms with Crippen molar-refractivity contribution in [3.05, 3.63) is 77.6 Å². The van der Waals surface area contributed by atoms with Crippen molar-refractivity contribution in [2.24, 2.45) is 0 Å². The Kier molecular flexibility index (Phi) is 6.04. The van der Waals surface area contributed by atoms with Crippen LogP contribution in [0.25, 0.3) is 0 Å². The number of phenolic OH excluding ortho intramolecular Hbond substituents is 1. The molecule has 1 aliphatic rings. The quantitative estimate of drug-likeness (QED) is 0.560. The highest BCUT2D eigenvalue weighted by Crippen LogP contribution is 2.47. The lowest BCUT2D eigenvalue weighted by molar-refractivity contribution is 0.410. The lowest BCUT2D eigenvalue weighted by atomic mass is 10.1. The maximum Gasteiger partial charge on any atom is 0.127 e. The van der Waals surface area contributed by atoms with Crippen LogP contribution >= 0.6 is 11.8 Å². The van der Waals surface area contributed by atoms with E-state index >= 15 is 0 Å². The number of nitrogens with zero attached hydrogens (tertiary/aromatic N) is 1. The van der Waals surface area contributed by atoms with Gasteiger partial charge in [0.15, 0.2) is 0 Å². The van der Waals surface area contributed by atoms with Crippen LogP contribution in [0.3, 0.4) is 0 Å². The molecule has 4 rings (SSSR count). The summed E-state index contributed by atoms with van der Waals surface area (Å²) in [6, 6.07) is 18.2. The molecule has 156 valence electrons. The molecule has 0 amide bonds. The second kappa shape index (κ2) is 8.88. The lowest BCUT2D eigenvalue weighted by Crippen LogP contribution is -2.24. The van der Waals surface area contributed by atoms with Crippen molar-refractivity contribution in [1.82, 2.24) is 0 Å². The van der Waals surface area contributed by atoms with Crippen molar-refractivity contribution in [2.75, 3.05) is 25.7 Å². The summed E-state index contributed by atoms with van der Waals surface area (Å²) in [5, 5.41) is 10.4. The Balaban J connectivity index is 1.71. The number of hydrogen-bond acceptors (Lipinski definition) is 5. The first-order valence-electron chi connectivity index (χ1n) is 9.79. The van der Waals surface area contributed by atoms with Crippen LogP contribution < -0.4 is 14.4 Å². The van der Waals surface area contributed by atoms with Crippen LogP contribution in [-0.4, -0.2) is 25.9 Å². The third-order valence-corrected chi connectivity index (χ3v) is 6.69. The molecule has 30 heavy (non-hydrogen) atoms. The summed E-state index contributed by atoms with van der Waals surface area (Å²) in [6.07, 6.45) is 0.771. The standard InChI is InChI=1S/C24H24FNO3S/c1-28-17-8-10-22(27)16(13-17)15-26-12-11-23(19-5-3-4-6-20(19)25)30-24-14-18(29-2)7-9-21(24)26/h3-10,13-14,23,27H,11-12,15H2,1-2H3/t23-/m1/s1. The number of benzene rings is 3. The van der Waals surface area contributed by atoms with Gasteiger partial charge >= 0.3 is 0 Å². The third kappa shape index (κ3) is 4.19. The van der Waals surface area contributed by atoms with E-state index in [1.807, 2.05) is 36.4 Å². The predicted molar refractivity (Wildman–Crippen MR) is 118 cm³/mol. The van der Waals surface area contributed by atoms with Gasteiger partial charge in [0.2, 0.25) is 0 Å². The molecule has 0 saturated carbocycles. The molecule has 0 saturated heterocycles. The van der Waals surface area contributed by atoms with E-state index in [4.69, 9.17) is 9.47 Å². The van der Waals surface area contributed by atoms with Gasteiger partial charge in [-0.2, -0.15) is 0 Å². The molecular weight excluding hydrogens is 401 g/mol. The number of aromatic hydroxyl groups is 1. The topological polar surface area (TPSA) is 41.9 Å². The first-order chi connectivity index (χ1) is 14.6. The Morgan fingerprint density at radius 2 is 1.77 bits per heavy atom. The smallest absolute Gasteiger partial charge is 0.127 e. The second-order valence-electron chi connectivity index (χ2n) is 7.17. The van der Waals surface area contributed by atoms with Crippen molar-refractivity contribution in [2.45, 2.75) is 23.1 Å². The van der Waals surface area contributed by atoms with Gasteiger partial charge in [-0.25, -0.2) is 4.39 Å². The molecule has 6 heteroatoms. The lowest BCUT2D eigenvalue weighted by Gasteiger charge is -2.25. The fourth-order valence-electron chi connectivity index (χ4n) is 3.72. The summed E-state index contributed by atoms with van der Waals surface area (Å²) in [5.74, 6) is 1.51. The van der Waals surface area contributed by atoms with E-state index in [1.165, 1.54) is 6.07 Å². The number of fused-ring (bicyclic) bond motifs is 1. The van der Waals surface area contributed by atoms with Gasteiger partial charge in [0.1, 0.15) is 23.1 Å². The minimum absolute atomic E-state index is 0.0130. The molecule has 1 N–H and O–H groups in total. The molecule has 0 fully saturated rings. The first-order valence-corrected chi connectivity index (χ1v) is 10.7. The molecular formula is C24H24FNO3S. The van der Waals surface area contributed by atoms with E-state index in [1.54, 1.807) is 44.2 Å². The maximum absolute atomic E-state index is 14.5. The average molecular weight is 426 g/mol. The molecule has 0 unspecified atom stereocenters. The Morgan fingerprint density at radius 1 is 1.03 bits per heavy atom. The van der Waals surface area contributed by atoms with Crippen molar-refractivity contribution < 1.29 is 19.0 Å². The van der Waals surface area contributed by atoms with Gasteiger partial charge in [0, 0.05) is 34.4 Å². The summed E-state index contributed by atoms with van der Waals surface area (Å²) < 4.78 is 25.3. The van der Waals surface area contributed by atoms with E-state index in [9.17, 15) is 9.50 Å². The highest BCUT2D eigenvalue weighted by Gasteiger charge is 2.26. The highest BCUT2D eigenvalue weighted by molar-refractivity contribution is 7.99. The Hall–Kier alpha value is -2.86. The van der Waals surface area contributed by atoms with Gasteiger partial charge in [0.25, 0.3) is 0 Å². The van der Waals surface area contributed by atoms with Gasteiger partial charge in [-0.1, -0.05) is 18.2 Å². The average Bonchev–Trinajstić information content (AvgIpc) is 2.94. The van der Waals surface area contributed by atoms with Crippen LogP contribution in [-0.2, 0) is 6.54 Å². The fraction of sp³-hybridized carbons (Fsp3) is 0.250. The summed E-state index contributed by atoms with van der Waals surface area (Å²) >= 11 is 1.65. The normalized spacial score (nSPS) is 16.0. The van der Waals surface area contributed by atoms with E-state index in [-0.39, 0.29) is 16.8 Å². The first kappa shape index (κ1) is 20.4. The highest BCUT2D eigenvalue weighted by atomic mass is 32.2. The summed E-state index contributed by atoms with van der Waals surface area (Å²) in [6.45, 7) is 1.24. The van der Waals surface area contributed by atoms with E-state index in [2.05, 4.69) is 4.90 Å². The molecule has 0 radical (unpaired) electrons. The van der Waals surface area contributed by atoms with Gasteiger partial charge in [-0.3, -0.25) is 0 Å². The van der Waals surface area contributed by atoms with E-state index < -0.39 is 0 Å². The Bertz CT molecular complexity index is 1040. The van der Waals surface area contributed by atoms with E-state index in [0.717, 1.165) is 34.9 Å². The summed E-state index contributed by atoms with van der Waals surface area (Å²) in [5.41, 5.74) is 2.54. The van der Waals surface area contributed by atoms with Crippen LogP contribution in [0.5, 0.6) is 17.2 Å². The monoisotopic (exact) mass is 425 g/mol. The van der Waals surface area contributed by atoms with Gasteiger partial charge in [0.05, 0.1) is 19.9 Å². The SMILES string of the molecule is COc1ccc(O)c(CN2CC[C@H](c3ccccc3F)Sc3cc(OC)ccc32)c1. The molecule has 0 bridgehead atoms. The minimum atomic E-state index is -0.182. The number of ether oxygens (including phenoxy) is 2. The number of hydrogen-bond donors (Lipinski definition) is 1. The van der Waals surface area contributed by atoms with E-state index in [0.29, 0.717) is 17.9 Å². The summed E-state index contributed by atoms with van der Waals surface area (Å²) in [7, 11) is 3.25. The van der Waals surface area contributed by atoms with Crippen molar-refractivity contribution >= 4 is 17.4 Å². The molecule has 0 spiro atoms. The molecule has 1 heterocycles. The van der Waals surface area contributed by atoms with Gasteiger partial charge in [-0.05, 0) is 48.9 Å². The number of methoxy groups -OCH3 is 2. The van der Waals surface area contributed by atoms with Crippen molar-refractivity contribution in [3.63, 3.8) is 0 Å². The molecule has 1 aliphatic heterocycles. The number of rotatable bonds is 5. The number of phenols is 1. The van der Waals surface area contributed by atoms with Crippen molar-refractivity contribution in [1.29, 1.82) is 0 Å². The molecule has 0 aliphatic carbocycles. The fourth-order valence-corrected chi connectivity index (χ4v) is 5.07. The third-order valence-electron chi connectivity index (χ3n) is 5.34. The number of thioether (sulfide) groups is 1. The predicted octanol–water partition coefficient (Wildman–Crippen LogP) is 5.79. The Morgan fingerprint density at radius 3 is 2.53 bits per heavy atom. The number of halogens is 1. The molecule has 3 aromatic carbocycles. The minimum Gasteiger partial charge on any atom is -0.508 e. The molecule has 4 nitrogen and oxygen atoms in total.